The van der Waals surface area contributed by atoms with Gasteiger partial charge in [0.25, 0.3) is 5.91 Å². The van der Waals surface area contributed by atoms with Crippen LogP contribution in [0, 0.1) is 5.92 Å². The van der Waals surface area contributed by atoms with Gasteiger partial charge in [-0.15, -0.1) is 11.3 Å². The molecule has 3 aromatic rings. The molecule has 0 N–H and O–H groups in total. The number of likely N-dealkylation sites (tertiary alicyclic amines) is 1. The summed E-state index contributed by atoms with van der Waals surface area (Å²) < 4.78 is 11.0. The molecule has 5 nitrogen and oxygen atoms in total. The molecule has 4 rings (SSSR count). The molecule has 0 saturated carbocycles. The van der Waals surface area contributed by atoms with Crippen LogP contribution in [0.25, 0.3) is 10.4 Å². The normalized spacial score (nSPS) is 14.3. The third kappa shape index (κ3) is 4.97. The molecule has 1 saturated heterocycles. The molecule has 6 heteroatoms. The Morgan fingerprint density at radius 3 is 2.29 bits per heavy atom. The van der Waals surface area contributed by atoms with Crippen LogP contribution in [0.15, 0.2) is 66.7 Å². The SMILES string of the molecule is COC(=O)C1CCN(C(=O)c2sc(-c3ccccc3)cc2OCc2ccccc2)CC1. The number of ether oxygens (including phenoxy) is 2. The lowest BCUT2D eigenvalue weighted by atomic mass is 9.97. The molecular formula is C25H25NO4S. The molecule has 31 heavy (non-hydrogen) atoms. The van der Waals surface area contributed by atoms with E-state index in [0.29, 0.717) is 43.2 Å². The van der Waals surface area contributed by atoms with Gasteiger partial charge in [-0.1, -0.05) is 60.7 Å². The van der Waals surface area contributed by atoms with Crippen molar-refractivity contribution in [2.75, 3.05) is 20.2 Å². The number of hydrogen-bond donors (Lipinski definition) is 0. The number of hydrogen-bond acceptors (Lipinski definition) is 5. The number of carbonyl (C=O) groups excluding carboxylic acids is 2. The van der Waals surface area contributed by atoms with Gasteiger partial charge in [-0.2, -0.15) is 0 Å². The van der Waals surface area contributed by atoms with Gasteiger partial charge in [-0.05, 0) is 30.0 Å². The Balaban J connectivity index is 1.55. The summed E-state index contributed by atoms with van der Waals surface area (Å²) in [6.45, 7) is 1.47. The lowest BCUT2D eigenvalue weighted by molar-refractivity contribution is -0.146. The maximum absolute atomic E-state index is 13.4. The lowest BCUT2D eigenvalue weighted by Gasteiger charge is -2.30. The zero-order valence-electron chi connectivity index (χ0n) is 17.5. The van der Waals surface area contributed by atoms with Crippen molar-refractivity contribution in [1.29, 1.82) is 0 Å². The molecule has 0 atom stereocenters. The number of carbonyl (C=O) groups is 2. The number of methoxy groups -OCH3 is 1. The second-order valence-electron chi connectivity index (χ2n) is 7.53. The fourth-order valence-electron chi connectivity index (χ4n) is 3.74. The van der Waals surface area contributed by atoms with Gasteiger partial charge in [0.2, 0.25) is 0 Å². The fourth-order valence-corrected chi connectivity index (χ4v) is 4.81. The van der Waals surface area contributed by atoms with Gasteiger partial charge in [-0.3, -0.25) is 9.59 Å². The van der Waals surface area contributed by atoms with Crippen molar-refractivity contribution in [2.45, 2.75) is 19.4 Å². The van der Waals surface area contributed by atoms with Crippen molar-refractivity contribution < 1.29 is 19.1 Å². The molecule has 1 amide bonds. The van der Waals surface area contributed by atoms with E-state index in [-0.39, 0.29) is 17.8 Å². The van der Waals surface area contributed by atoms with Crippen LogP contribution >= 0.6 is 11.3 Å². The topological polar surface area (TPSA) is 55.8 Å². The smallest absolute Gasteiger partial charge is 0.308 e. The highest BCUT2D eigenvalue weighted by Gasteiger charge is 2.30. The molecule has 1 fully saturated rings. The van der Waals surface area contributed by atoms with Crippen LogP contribution in [-0.2, 0) is 16.1 Å². The molecule has 2 aromatic carbocycles. The quantitative estimate of drug-likeness (QED) is 0.510. The molecule has 1 aromatic heterocycles. The number of rotatable bonds is 6. The molecule has 1 aliphatic heterocycles. The van der Waals surface area contributed by atoms with Crippen molar-refractivity contribution in [2.24, 2.45) is 5.92 Å². The number of thiophene rings is 1. The molecule has 0 unspecified atom stereocenters. The van der Waals surface area contributed by atoms with Gasteiger partial charge in [0.1, 0.15) is 17.2 Å². The van der Waals surface area contributed by atoms with Crippen LogP contribution in [-0.4, -0.2) is 37.0 Å². The Labute approximate surface area is 186 Å². The minimum Gasteiger partial charge on any atom is -0.487 e. The highest BCUT2D eigenvalue weighted by molar-refractivity contribution is 7.17. The zero-order valence-corrected chi connectivity index (χ0v) is 18.3. The number of piperidine rings is 1. The molecule has 160 valence electrons. The first-order chi connectivity index (χ1) is 15.2. The number of benzene rings is 2. The minimum atomic E-state index is -0.193. The maximum Gasteiger partial charge on any atom is 0.308 e. The van der Waals surface area contributed by atoms with Crippen molar-refractivity contribution in [3.8, 4) is 16.2 Å². The summed E-state index contributed by atoms with van der Waals surface area (Å²) in [7, 11) is 1.41. The first-order valence-corrected chi connectivity index (χ1v) is 11.2. The zero-order chi connectivity index (χ0) is 21.6. The molecule has 0 spiro atoms. The lowest BCUT2D eigenvalue weighted by Crippen LogP contribution is -2.40. The highest BCUT2D eigenvalue weighted by atomic mass is 32.1. The highest BCUT2D eigenvalue weighted by Crippen LogP contribution is 2.38. The van der Waals surface area contributed by atoms with Crippen LogP contribution in [0.5, 0.6) is 5.75 Å². The molecular weight excluding hydrogens is 410 g/mol. The Bertz CT molecular complexity index is 1020. The average molecular weight is 436 g/mol. The summed E-state index contributed by atoms with van der Waals surface area (Å²) in [5.41, 5.74) is 2.10. The monoisotopic (exact) mass is 435 g/mol. The van der Waals surface area contributed by atoms with Crippen molar-refractivity contribution >= 4 is 23.2 Å². The Morgan fingerprint density at radius 1 is 1.00 bits per heavy atom. The predicted octanol–water partition coefficient (Wildman–Crippen LogP) is 5.02. The van der Waals surface area contributed by atoms with Crippen LogP contribution in [0.2, 0.25) is 0 Å². The number of amides is 1. The average Bonchev–Trinajstić information content (AvgIpc) is 3.27. The Kier molecular flexibility index (Phi) is 6.67. The third-order valence-corrected chi connectivity index (χ3v) is 6.66. The van der Waals surface area contributed by atoms with Crippen molar-refractivity contribution in [3.63, 3.8) is 0 Å². The first kappa shape index (κ1) is 21.1. The first-order valence-electron chi connectivity index (χ1n) is 10.4. The second kappa shape index (κ2) is 9.79. The van der Waals surface area contributed by atoms with Crippen LogP contribution in [0.4, 0.5) is 0 Å². The standard InChI is InChI=1S/C25H25NO4S/c1-29-25(28)20-12-14-26(15-13-20)24(27)23-21(30-17-18-8-4-2-5-9-18)16-22(31-23)19-10-6-3-7-11-19/h2-11,16,20H,12-15,17H2,1H3. The van der Waals surface area contributed by atoms with E-state index in [1.54, 1.807) is 0 Å². The molecule has 2 heterocycles. The fraction of sp³-hybridized carbons (Fsp3) is 0.280. The Hall–Kier alpha value is -3.12. The predicted molar refractivity (Wildman–Crippen MR) is 121 cm³/mol. The van der Waals surface area contributed by atoms with E-state index >= 15 is 0 Å². The third-order valence-electron chi connectivity index (χ3n) is 5.50. The summed E-state index contributed by atoms with van der Waals surface area (Å²) in [5.74, 6) is 0.235. The van der Waals surface area contributed by atoms with Crippen molar-refractivity contribution in [3.05, 3.63) is 77.2 Å². The second-order valence-corrected chi connectivity index (χ2v) is 8.59. The number of esters is 1. The summed E-state index contributed by atoms with van der Waals surface area (Å²) in [6, 6.07) is 21.9. The van der Waals surface area contributed by atoms with Crippen molar-refractivity contribution in [1.82, 2.24) is 4.90 Å². The van der Waals surface area contributed by atoms with E-state index in [4.69, 9.17) is 9.47 Å². The van der Waals surface area contributed by atoms with E-state index in [9.17, 15) is 9.59 Å². The van der Waals surface area contributed by atoms with E-state index in [1.165, 1.54) is 18.4 Å². The van der Waals surface area contributed by atoms with Crippen LogP contribution in [0.1, 0.15) is 28.1 Å². The summed E-state index contributed by atoms with van der Waals surface area (Å²) in [5, 5.41) is 0. The van der Waals surface area contributed by atoms with Crippen LogP contribution < -0.4 is 4.74 Å². The van der Waals surface area contributed by atoms with Gasteiger partial charge in [-0.25, -0.2) is 0 Å². The minimum absolute atomic E-state index is 0.0430. The van der Waals surface area contributed by atoms with E-state index < -0.39 is 0 Å². The summed E-state index contributed by atoms with van der Waals surface area (Å²) >= 11 is 1.45. The maximum atomic E-state index is 13.4. The molecule has 0 aliphatic carbocycles. The largest absolute Gasteiger partial charge is 0.487 e. The molecule has 0 bridgehead atoms. The Morgan fingerprint density at radius 2 is 1.65 bits per heavy atom. The van der Waals surface area contributed by atoms with Gasteiger partial charge in [0.15, 0.2) is 0 Å². The van der Waals surface area contributed by atoms with Gasteiger partial charge < -0.3 is 14.4 Å². The van der Waals surface area contributed by atoms with Gasteiger partial charge in [0, 0.05) is 18.0 Å². The van der Waals surface area contributed by atoms with E-state index in [0.717, 1.165) is 16.0 Å². The molecule has 1 aliphatic rings. The van der Waals surface area contributed by atoms with Crippen LogP contribution in [0.3, 0.4) is 0 Å². The summed E-state index contributed by atoms with van der Waals surface area (Å²) in [6.07, 6.45) is 1.24. The van der Waals surface area contributed by atoms with E-state index in [1.807, 2.05) is 71.6 Å². The van der Waals surface area contributed by atoms with Gasteiger partial charge >= 0.3 is 5.97 Å². The summed E-state index contributed by atoms with van der Waals surface area (Å²) in [4.78, 5) is 28.6. The van der Waals surface area contributed by atoms with Gasteiger partial charge in [0.05, 0.1) is 13.0 Å². The van der Waals surface area contributed by atoms with E-state index in [2.05, 4.69) is 0 Å². The molecule has 0 radical (unpaired) electrons. The number of nitrogens with zero attached hydrogens (tertiary/aromatic N) is 1.